The minimum Gasteiger partial charge on any atom is -0.369 e. The van der Waals surface area contributed by atoms with Crippen LogP contribution in [0.1, 0.15) is 23.8 Å². The van der Waals surface area contributed by atoms with Crippen molar-refractivity contribution in [2.45, 2.75) is 18.9 Å². The first-order valence-electron chi connectivity index (χ1n) is 6.49. The van der Waals surface area contributed by atoms with Crippen LogP contribution in [0.3, 0.4) is 0 Å². The summed E-state index contributed by atoms with van der Waals surface area (Å²) in [5.74, 6) is -1.57. The van der Waals surface area contributed by atoms with E-state index in [1.807, 2.05) is 17.5 Å². The number of nitro benzene ring substituents is 1. The fourth-order valence-electron chi connectivity index (χ4n) is 2.32. The maximum atomic E-state index is 14.0. The summed E-state index contributed by atoms with van der Waals surface area (Å²) in [4.78, 5) is 11.2. The van der Waals surface area contributed by atoms with Crippen LogP contribution in [0.5, 0.6) is 0 Å². The van der Waals surface area contributed by atoms with Crippen molar-refractivity contribution >= 4 is 22.7 Å². The van der Waals surface area contributed by atoms with E-state index in [9.17, 15) is 18.9 Å². The molecule has 0 radical (unpaired) electrons. The molecule has 0 spiro atoms. The van der Waals surface area contributed by atoms with Crippen molar-refractivity contribution in [3.05, 3.63) is 56.3 Å². The molecular weight excluding hydrogens is 298 g/mol. The van der Waals surface area contributed by atoms with Gasteiger partial charge in [0.2, 0.25) is 0 Å². The van der Waals surface area contributed by atoms with Gasteiger partial charge in [-0.25, -0.2) is 8.78 Å². The Hall–Kier alpha value is -2.02. The van der Waals surface area contributed by atoms with Gasteiger partial charge in [0.15, 0.2) is 5.82 Å². The number of nitrogens with one attached hydrogen (secondary N) is 1. The fourth-order valence-corrected chi connectivity index (χ4v) is 3.19. The molecule has 1 N–H and O–H groups in total. The monoisotopic (exact) mass is 310 g/mol. The third-order valence-corrected chi connectivity index (χ3v) is 4.43. The molecule has 1 saturated carbocycles. The molecule has 1 unspecified atom stereocenters. The zero-order chi connectivity index (χ0) is 15.0. The number of nitrogens with zero attached hydrogens (tertiary/aromatic N) is 1. The Bertz CT molecular complexity index is 672. The van der Waals surface area contributed by atoms with Gasteiger partial charge in [-0.15, -0.1) is 11.3 Å². The molecule has 4 nitrogen and oxygen atoms in total. The topological polar surface area (TPSA) is 55.2 Å². The first-order chi connectivity index (χ1) is 10.1. The SMILES string of the molecule is O=[N+]([O-])c1cc(F)cc(F)c1NC(c1cccs1)C1CC1. The maximum Gasteiger partial charge on any atom is 0.298 e. The number of hydrogen-bond donors (Lipinski definition) is 1. The molecule has 0 amide bonds. The second kappa shape index (κ2) is 5.40. The van der Waals surface area contributed by atoms with Gasteiger partial charge in [-0.3, -0.25) is 10.1 Å². The first kappa shape index (κ1) is 13.9. The van der Waals surface area contributed by atoms with Gasteiger partial charge in [-0.05, 0) is 30.2 Å². The van der Waals surface area contributed by atoms with Crippen LogP contribution in [-0.4, -0.2) is 4.92 Å². The standard InChI is InChI=1S/C14H12F2N2O2S/c15-9-6-10(16)14(11(7-9)18(19)20)17-13(8-3-4-8)12-2-1-5-21-12/h1-2,5-8,13,17H,3-4H2. The Kier molecular flexibility index (Phi) is 3.59. The second-order valence-corrected chi connectivity index (χ2v) is 5.99. The molecule has 1 heterocycles. The van der Waals surface area contributed by atoms with Crippen molar-refractivity contribution in [1.82, 2.24) is 0 Å². The molecule has 3 rings (SSSR count). The molecule has 21 heavy (non-hydrogen) atoms. The molecule has 2 aromatic rings. The van der Waals surface area contributed by atoms with Crippen LogP contribution in [0.4, 0.5) is 20.2 Å². The van der Waals surface area contributed by atoms with Crippen LogP contribution in [0.25, 0.3) is 0 Å². The van der Waals surface area contributed by atoms with E-state index >= 15 is 0 Å². The molecule has 110 valence electrons. The van der Waals surface area contributed by atoms with Gasteiger partial charge in [0, 0.05) is 10.9 Å². The van der Waals surface area contributed by atoms with Gasteiger partial charge < -0.3 is 5.32 Å². The van der Waals surface area contributed by atoms with E-state index in [0.29, 0.717) is 12.0 Å². The van der Waals surface area contributed by atoms with Gasteiger partial charge in [0.25, 0.3) is 5.69 Å². The van der Waals surface area contributed by atoms with E-state index in [-0.39, 0.29) is 11.7 Å². The number of halogens is 2. The van der Waals surface area contributed by atoms with E-state index in [0.717, 1.165) is 23.8 Å². The lowest BCUT2D eigenvalue weighted by molar-refractivity contribution is -0.384. The van der Waals surface area contributed by atoms with Crippen LogP contribution < -0.4 is 5.32 Å². The molecule has 1 aromatic heterocycles. The van der Waals surface area contributed by atoms with Crippen molar-refractivity contribution in [2.24, 2.45) is 5.92 Å². The highest BCUT2D eigenvalue weighted by molar-refractivity contribution is 7.10. The van der Waals surface area contributed by atoms with E-state index in [2.05, 4.69) is 5.32 Å². The molecule has 0 aliphatic heterocycles. The Morgan fingerprint density at radius 2 is 2.14 bits per heavy atom. The second-order valence-electron chi connectivity index (χ2n) is 5.01. The number of anilines is 1. The molecule has 0 bridgehead atoms. The van der Waals surface area contributed by atoms with Crippen molar-refractivity contribution < 1.29 is 13.7 Å². The number of rotatable bonds is 5. The fraction of sp³-hybridized carbons (Fsp3) is 0.286. The minimum atomic E-state index is -0.955. The van der Waals surface area contributed by atoms with Crippen molar-refractivity contribution in [1.29, 1.82) is 0 Å². The molecule has 1 aliphatic carbocycles. The largest absolute Gasteiger partial charge is 0.369 e. The highest BCUT2D eigenvalue weighted by Crippen LogP contribution is 2.45. The van der Waals surface area contributed by atoms with E-state index in [1.165, 1.54) is 11.3 Å². The van der Waals surface area contributed by atoms with Crippen LogP contribution >= 0.6 is 11.3 Å². The number of thiophene rings is 1. The van der Waals surface area contributed by atoms with Crippen LogP contribution in [-0.2, 0) is 0 Å². The normalized spacial score (nSPS) is 15.7. The summed E-state index contributed by atoms with van der Waals surface area (Å²) in [6.45, 7) is 0. The van der Waals surface area contributed by atoms with E-state index in [1.54, 1.807) is 0 Å². The molecule has 1 fully saturated rings. The Labute approximate surface area is 123 Å². The maximum absolute atomic E-state index is 14.0. The average Bonchev–Trinajstić information content (AvgIpc) is 3.11. The summed E-state index contributed by atoms with van der Waals surface area (Å²) < 4.78 is 27.1. The zero-order valence-corrected chi connectivity index (χ0v) is 11.7. The predicted octanol–water partition coefficient (Wildman–Crippen LogP) is 4.50. The van der Waals surface area contributed by atoms with E-state index < -0.39 is 22.2 Å². The van der Waals surface area contributed by atoms with Gasteiger partial charge in [0.1, 0.15) is 11.5 Å². The van der Waals surface area contributed by atoms with Crippen LogP contribution in [0.2, 0.25) is 0 Å². The van der Waals surface area contributed by atoms with Gasteiger partial charge in [-0.2, -0.15) is 0 Å². The average molecular weight is 310 g/mol. The summed E-state index contributed by atoms with van der Waals surface area (Å²) in [5, 5.41) is 15.8. The van der Waals surface area contributed by atoms with Crippen molar-refractivity contribution in [3.63, 3.8) is 0 Å². The summed E-state index contributed by atoms with van der Waals surface area (Å²) in [6, 6.07) is 5.02. The predicted molar refractivity (Wildman–Crippen MR) is 76.4 cm³/mol. The molecule has 1 atom stereocenters. The Morgan fingerprint density at radius 1 is 1.38 bits per heavy atom. The molecule has 7 heteroatoms. The van der Waals surface area contributed by atoms with Crippen molar-refractivity contribution in [2.75, 3.05) is 5.32 Å². The summed E-state index contributed by atoms with van der Waals surface area (Å²) in [7, 11) is 0. The summed E-state index contributed by atoms with van der Waals surface area (Å²) in [6.07, 6.45) is 1.98. The summed E-state index contributed by atoms with van der Waals surface area (Å²) in [5.41, 5.74) is -0.818. The molecule has 1 aromatic carbocycles. The van der Waals surface area contributed by atoms with Gasteiger partial charge in [-0.1, -0.05) is 6.07 Å². The van der Waals surface area contributed by atoms with Gasteiger partial charge in [0.05, 0.1) is 17.0 Å². The number of hydrogen-bond acceptors (Lipinski definition) is 4. The lowest BCUT2D eigenvalue weighted by Gasteiger charge is -2.18. The lowest BCUT2D eigenvalue weighted by Crippen LogP contribution is -2.14. The van der Waals surface area contributed by atoms with Crippen LogP contribution in [0.15, 0.2) is 29.6 Å². The number of benzene rings is 1. The highest BCUT2D eigenvalue weighted by atomic mass is 32.1. The van der Waals surface area contributed by atoms with Crippen molar-refractivity contribution in [3.8, 4) is 0 Å². The third kappa shape index (κ3) is 2.87. The van der Waals surface area contributed by atoms with Crippen LogP contribution in [0, 0.1) is 27.7 Å². The zero-order valence-electron chi connectivity index (χ0n) is 10.9. The van der Waals surface area contributed by atoms with Gasteiger partial charge >= 0.3 is 0 Å². The Balaban J connectivity index is 1.98. The third-order valence-electron chi connectivity index (χ3n) is 3.47. The number of nitro groups is 1. The smallest absolute Gasteiger partial charge is 0.298 e. The quantitative estimate of drug-likeness (QED) is 0.653. The van der Waals surface area contributed by atoms with E-state index in [4.69, 9.17) is 0 Å². The lowest BCUT2D eigenvalue weighted by atomic mass is 10.1. The first-order valence-corrected chi connectivity index (χ1v) is 7.37. The summed E-state index contributed by atoms with van der Waals surface area (Å²) >= 11 is 1.51. The Morgan fingerprint density at radius 3 is 2.71 bits per heavy atom. The minimum absolute atomic E-state index is 0.177. The molecule has 1 aliphatic rings. The molecular formula is C14H12F2N2O2S. The highest BCUT2D eigenvalue weighted by Gasteiger charge is 2.35. The molecule has 0 saturated heterocycles.